The number of hydrogen-bond acceptors (Lipinski definition) is 0. The highest BCUT2D eigenvalue weighted by molar-refractivity contribution is 6.22. The molecule has 0 saturated heterocycles. The lowest BCUT2D eigenvalue weighted by molar-refractivity contribution is 1.25. The Morgan fingerprint density at radius 1 is 0.562 bits per heavy atom. The summed E-state index contributed by atoms with van der Waals surface area (Å²) in [6, 6.07) is 33.6. The van der Waals surface area contributed by atoms with Gasteiger partial charge in [-0.15, -0.1) is 0 Å². The van der Waals surface area contributed by atoms with E-state index in [-0.39, 0.29) is 0 Å². The van der Waals surface area contributed by atoms with E-state index in [2.05, 4.69) is 116 Å². The lowest BCUT2D eigenvalue weighted by atomic mass is 9.82. The largest absolute Gasteiger partial charge is 0.0726 e. The zero-order valence-electron chi connectivity index (χ0n) is 18.0. The second-order valence-corrected chi connectivity index (χ2v) is 8.98. The van der Waals surface area contributed by atoms with Gasteiger partial charge in [0.1, 0.15) is 0 Å². The maximum Gasteiger partial charge on any atom is 0.0211 e. The maximum absolute atomic E-state index is 2.36. The monoisotopic (exact) mass is 406 g/mol. The minimum Gasteiger partial charge on any atom is -0.0726 e. The van der Waals surface area contributed by atoms with Crippen LogP contribution in [-0.4, -0.2) is 0 Å². The molecule has 0 heterocycles. The molecule has 0 bridgehead atoms. The maximum atomic E-state index is 2.36. The Hall–Kier alpha value is -3.90. The number of aryl methyl sites for hydroxylation is 1. The van der Waals surface area contributed by atoms with Gasteiger partial charge in [-0.2, -0.15) is 0 Å². The Labute approximate surface area is 188 Å². The molecule has 0 saturated carbocycles. The topological polar surface area (TPSA) is 0 Å². The Morgan fingerprint density at radius 3 is 1.81 bits per heavy atom. The minimum absolute atomic E-state index is 0.551. The van der Waals surface area contributed by atoms with Crippen LogP contribution in [0, 0.1) is 12.8 Å². The summed E-state index contributed by atoms with van der Waals surface area (Å²) < 4.78 is 0. The molecule has 0 heteroatoms. The molecule has 7 rings (SSSR count). The van der Waals surface area contributed by atoms with Crippen molar-refractivity contribution < 1.29 is 0 Å². The first-order chi connectivity index (χ1) is 15.8. The van der Waals surface area contributed by atoms with Crippen LogP contribution >= 0.6 is 0 Å². The van der Waals surface area contributed by atoms with Gasteiger partial charge in [0.25, 0.3) is 0 Å². The molecule has 0 aromatic heterocycles. The van der Waals surface area contributed by atoms with Gasteiger partial charge in [-0.05, 0) is 67.4 Å². The SMILES string of the molecule is Cc1ccc(-c2c3ccccc3c(-c3cccc4c3C=CC3C=C43)c3ccccc23)cc1. The van der Waals surface area contributed by atoms with Crippen molar-refractivity contribution in [2.24, 2.45) is 5.92 Å². The van der Waals surface area contributed by atoms with Crippen LogP contribution in [0.4, 0.5) is 0 Å². The van der Waals surface area contributed by atoms with Crippen molar-refractivity contribution >= 4 is 33.2 Å². The quantitative estimate of drug-likeness (QED) is 0.257. The molecule has 0 N–H and O–H groups in total. The number of hydrogen-bond donors (Lipinski definition) is 0. The molecule has 32 heavy (non-hydrogen) atoms. The molecule has 1 unspecified atom stereocenters. The zero-order valence-corrected chi connectivity index (χ0v) is 18.0. The van der Waals surface area contributed by atoms with E-state index in [1.165, 1.54) is 66.1 Å². The summed E-state index contributed by atoms with van der Waals surface area (Å²) in [5.74, 6) is 0.551. The zero-order chi connectivity index (χ0) is 21.2. The first kappa shape index (κ1) is 17.7. The number of benzene rings is 5. The third-order valence-corrected chi connectivity index (χ3v) is 7.04. The molecule has 0 spiro atoms. The van der Waals surface area contributed by atoms with Crippen molar-refractivity contribution in [3.05, 3.63) is 120 Å². The summed E-state index contributed by atoms with van der Waals surface area (Å²) in [5.41, 5.74) is 10.8. The van der Waals surface area contributed by atoms with Gasteiger partial charge in [-0.25, -0.2) is 0 Å². The Balaban J connectivity index is 1.64. The minimum atomic E-state index is 0.551. The molecule has 0 aliphatic heterocycles. The lowest BCUT2D eigenvalue weighted by Crippen LogP contribution is -1.96. The predicted octanol–water partition coefficient (Wildman–Crippen LogP) is 8.68. The highest BCUT2D eigenvalue weighted by atomic mass is 14.3. The number of rotatable bonds is 2. The molecule has 5 aromatic rings. The van der Waals surface area contributed by atoms with Gasteiger partial charge in [0.15, 0.2) is 0 Å². The summed E-state index contributed by atoms with van der Waals surface area (Å²) in [6.07, 6.45) is 7.04. The molecule has 2 aliphatic carbocycles. The molecule has 2 aliphatic rings. The number of fused-ring (bicyclic) bond motifs is 5. The van der Waals surface area contributed by atoms with E-state index >= 15 is 0 Å². The van der Waals surface area contributed by atoms with Gasteiger partial charge in [0, 0.05) is 5.92 Å². The molecule has 5 aromatic carbocycles. The summed E-state index contributed by atoms with van der Waals surface area (Å²) in [6.45, 7) is 2.15. The molecule has 0 fully saturated rings. The molecular formula is C32H22. The first-order valence-corrected chi connectivity index (χ1v) is 11.3. The van der Waals surface area contributed by atoms with Crippen molar-refractivity contribution in [1.29, 1.82) is 0 Å². The Kier molecular flexibility index (Phi) is 3.63. The van der Waals surface area contributed by atoms with Crippen LogP contribution in [0.25, 0.3) is 55.4 Å². The fourth-order valence-electron chi connectivity index (χ4n) is 5.44. The average molecular weight is 407 g/mol. The van der Waals surface area contributed by atoms with Crippen LogP contribution in [0.2, 0.25) is 0 Å². The fraction of sp³-hybridized carbons (Fsp3) is 0.0625. The second-order valence-electron chi connectivity index (χ2n) is 8.98. The Morgan fingerprint density at radius 2 is 1.16 bits per heavy atom. The van der Waals surface area contributed by atoms with Gasteiger partial charge in [0.2, 0.25) is 0 Å². The van der Waals surface area contributed by atoms with E-state index in [4.69, 9.17) is 0 Å². The normalized spacial score (nSPS) is 16.0. The summed E-state index contributed by atoms with van der Waals surface area (Å²) in [7, 11) is 0. The first-order valence-electron chi connectivity index (χ1n) is 11.3. The summed E-state index contributed by atoms with van der Waals surface area (Å²) in [4.78, 5) is 0. The van der Waals surface area contributed by atoms with Gasteiger partial charge in [-0.1, -0.05) is 115 Å². The van der Waals surface area contributed by atoms with E-state index in [1.807, 2.05) is 0 Å². The van der Waals surface area contributed by atoms with Gasteiger partial charge in [-0.3, -0.25) is 0 Å². The van der Waals surface area contributed by atoms with Gasteiger partial charge in [0.05, 0.1) is 0 Å². The summed E-state index contributed by atoms with van der Waals surface area (Å²) in [5, 5.41) is 5.25. The van der Waals surface area contributed by atoms with Crippen LogP contribution in [0.3, 0.4) is 0 Å². The van der Waals surface area contributed by atoms with Gasteiger partial charge < -0.3 is 0 Å². The molecule has 1 atom stereocenters. The van der Waals surface area contributed by atoms with E-state index in [0.717, 1.165) is 0 Å². The van der Waals surface area contributed by atoms with Crippen molar-refractivity contribution in [2.45, 2.75) is 6.92 Å². The fourth-order valence-corrected chi connectivity index (χ4v) is 5.44. The third-order valence-electron chi connectivity index (χ3n) is 7.04. The van der Waals surface area contributed by atoms with Gasteiger partial charge >= 0.3 is 0 Å². The molecular weight excluding hydrogens is 384 g/mol. The van der Waals surface area contributed by atoms with Crippen LogP contribution in [0.1, 0.15) is 16.7 Å². The van der Waals surface area contributed by atoms with Crippen molar-refractivity contribution in [3.8, 4) is 22.3 Å². The smallest absolute Gasteiger partial charge is 0.0211 e. The Bertz CT molecular complexity index is 1550. The predicted molar refractivity (Wildman–Crippen MR) is 138 cm³/mol. The van der Waals surface area contributed by atoms with Crippen LogP contribution in [-0.2, 0) is 0 Å². The van der Waals surface area contributed by atoms with Crippen LogP contribution in [0.15, 0.2) is 103 Å². The average Bonchev–Trinajstić information content (AvgIpc) is 3.64. The van der Waals surface area contributed by atoms with Crippen LogP contribution < -0.4 is 0 Å². The van der Waals surface area contributed by atoms with Crippen molar-refractivity contribution in [2.75, 3.05) is 0 Å². The highest BCUT2D eigenvalue weighted by Crippen LogP contribution is 2.50. The van der Waals surface area contributed by atoms with Crippen molar-refractivity contribution in [1.82, 2.24) is 0 Å². The molecule has 150 valence electrons. The van der Waals surface area contributed by atoms with Crippen LogP contribution in [0.5, 0.6) is 0 Å². The lowest BCUT2D eigenvalue weighted by Gasteiger charge is -2.20. The molecule has 0 amide bonds. The van der Waals surface area contributed by atoms with Crippen molar-refractivity contribution in [3.63, 3.8) is 0 Å². The highest BCUT2D eigenvalue weighted by Gasteiger charge is 2.30. The summed E-state index contributed by atoms with van der Waals surface area (Å²) >= 11 is 0. The van der Waals surface area contributed by atoms with E-state index in [1.54, 1.807) is 0 Å². The standard InChI is InChI=1S/C32H22/c1-20-13-15-21(16-14-20)31-26-7-2-4-9-28(26)32(29-10-5-3-8-27(29)31)25-12-6-11-23-24(25)18-17-22-19-30(22)23/h2-19,22H,1H3. The number of allylic oxidation sites excluding steroid dienone is 3. The van der Waals surface area contributed by atoms with E-state index in [9.17, 15) is 0 Å². The third kappa shape index (κ3) is 2.50. The molecule has 0 nitrogen and oxygen atoms in total. The molecule has 0 radical (unpaired) electrons. The van der Waals surface area contributed by atoms with E-state index < -0.39 is 0 Å². The van der Waals surface area contributed by atoms with E-state index in [0.29, 0.717) is 5.92 Å². The second kappa shape index (κ2) is 6.55.